The van der Waals surface area contributed by atoms with Crippen LogP contribution in [-0.4, -0.2) is 7.05 Å². The van der Waals surface area contributed by atoms with Crippen molar-refractivity contribution < 1.29 is 0 Å². The van der Waals surface area contributed by atoms with Crippen LogP contribution < -0.4 is 9.80 Å². The molecule has 0 amide bonds. The second kappa shape index (κ2) is 9.00. The van der Waals surface area contributed by atoms with E-state index in [1.807, 2.05) is 6.07 Å². The van der Waals surface area contributed by atoms with E-state index in [2.05, 4.69) is 150 Å². The Morgan fingerprint density at radius 3 is 1.37 bits per heavy atom. The molecule has 0 heterocycles. The van der Waals surface area contributed by atoms with Crippen LogP contribution in [0.4, 0.5) is 28.4 Å². The zero-order chi connectivity index (χ0) is 23.6. The number of nitrogens with zero attached hydrogens (tertiary/aromatic N) is 2. The Morgan fingerprint density at radius 1 is 0.371 bits per heavy atom. The molecule has 0 bridgehead atoms. The van der Waals surface area contributed by atoms with Crippen LogP contribution in [0.2, 0.25) is 0 Å². The van der Waals surface area contributed by atoms with Crippen LogP contribution >= 0.6 is 0 Å². The topological polar surface area (TPSA) is 6.48 Å². The number of rotatable bonds is 5. The highest BCUT2D eigenvalue weighted by Gasteiger charge is 2.17. The molecular weight excluding hydrogens is 424 g/mol. The van der Waals surface area contributed by atoms with Crippen LogP contribution in [-0.2, 0) is 0 Å². The minimum atomic E-state index is 1.13. The minimum Gasteiger partial charge on any atom is -0.345 e. The first kappa shape index (κ1) is 21.0. The third kappa shape index (κ3) is 3.89. The molecule has 0 radical (unpaired) electrons. The van der Waals surface area contributed by atoms with Crippen LogP contribution in [0, 0.1) is 0 Å². The Hall–Kier alpha value is -4.56. The number of hydrogen-bond acceptors (Lipinski definition) is 2. The molecule has 0 N–H and O–H groups in total. The first-order valence-electron chi connectivity index (χ1n) is 11.9. The Balaban J connectivity index is 1.53. The van der Waals surface area contributed by atoms with Crippen LogP contribution in [0.5, 0.6) is 0 Å². The quantitative estimate of drug-likeness (QED) is 0.258. The fourth-order valence-electron chi connectivity index (χ4n) is 4.84. The Kier molecular flexibility index (Phi) is 5.40. The lowest BCUT2D eigenvalue weighted by Gasteiger charge is -2.29. The molecule has 168 valence electrons. The van der Waals surface area contributed by atoms with Gasteiger partial charge in [0.25, 0.3) is 0 Å². The highest BCUT2D eigenvalue weighted by atomic mass is 15.1. The minimum absolute atomic E-state index is 1.13. The van der Waals surface area contributed by atoms with Gasteiger partial charge >= 0.3 is 0 Å². The van der Waals surface area contributed by atoms with Gasteiger partial charge in [-0.05, 0) is 59.3 Å². The van der Waals surface area contributed by atoms with Gasteiger partial charge in [0.15, 0.2) is 0 Å². The van der Waals surface area contributed by atoms with E-state index in [4.69, 9.17) is 0 Å². The fraction of sp³-hybridized carbons (Fsp3) is 0.0303. The van der Waals surface area contributed by atoms with E-state index >= 15 is 0 Å². The molecule has 0 atom stereocenters. The molecule has 2 nitrogen and oxygen atoms in total. The van der Waals surface area contributed by atoms with Crippen molar-refractivity contribution in [1.82, 2.24) is 0 Å². The summed E-state index contributed by atoms with van der Waals surface area (Å²) >= 11 is 0. The number of para-hydroxylation sites is 1. The van der Waals surface area contributed by atoms with Crippen molar-refractivity contribution in [2.45, 2.75) is 0 Å². The number of benzene rings is 6. The lowest BCUT2D eigenvalue weighted by atomic mass is 10.0. The third-order valence-electron chi connectivity index (χ3n) is 6.65. The summed E-state index contributed by atoms with van der Waals surface area (Å²) in [5.74, 6) is 0. The lowest BCUT2D eigenvalue weighted by Crippen LogP contribution is -2.12. The second-order valence-corrected chi connectivity index (χ2v) is 8.74. The third-order valence-corrected chi connectivity index (χ3v) is 6.65. The molecule has 0 aromatic heterocycles. The molecule has 2 heteroatoms. The predicted molar refractivity (Wildman–Crippen MR) is 151 cm³/mol. The maximum Gasteiger partial charge on any atom is 0.0540 e. The van der Waals surface area contributed by atoms with E-state index in [9.17, 15) is 0 Å². The molecule has 6 rings (SSSR count). The number of fused-ring (bicyclic) bond motifs is 2. The molecule has 0 aliphatic carbocycles. The van der Waals surface area contributed by atoms with Crippen molar-refractivity contribution in [3.63, 3.8) is 0 Å². The van der Waals surface area contributed by atoms with E-state index in [0.717, 1.165) is 11.4 Å². The largest absolute Gasteiger partial charge is 0.345 e. The summed E-state index contributed by atoms with van der Waals surface area (Å²) in [6.45, 7) is 0. The van der Waals surface area contributed by atoms with Crippen LogP contribution in [0.25, 0.3) is 21.5 Å². The molecule has 6 aromatic rings. The monoisotopic (exact) mass is 450 g/mol. The highest BCUT2D eigenvalue weighted by Crippen LogP contribution is 2.42. The van der Waals surface area contributed by atoms with Crippen molar-refractivity contribution in [2.75, 3.05) is 16.8 Å². The first-order chi connectivity index (χ1) is 17.3. The van der Waals surface area contributed by atoms with Crippen molar-refractivity contribution in [3.05, 3.63) is 140 Å². The van der Waals surface area contributed by atoms with E-state index in [0.29, 0.717) is 0 Å². The number of hydrogen-bond donors (Lipinski definition) is 0. The maximum atomic E-state index is 2.39. The van der Waals surface area contributed by atoms with E-state index in [-0.39, 0.29) is 0 Å². The molecule has 0 spiro atoms. The molecule has 0 aliphatic heterocycles. The molecule has 0 fully saturated rings. The summed E-state index contributed by atoms with van der Waals surface area (Å²) in [5, 5.41) is 4.92. The van der Waals surface area contributed by atoms with Crippen molar-refractivity contribution in [2.24, 2.45) is 0 Å². The van der Waals surface area contributed by atoms with Gasteiger partial charge in [-0.3, -0.25) is 0 Å². The average molecular weight is 451 g/mol. The SMILES string of the molecule is CN(c1ccccc1)c1ccc(N(c2cccc3ccccc23)c2cccc3ccccc23)cc1. The fourth-order valence-corrected chi connectivity index (χ4v) is 4.84. The van der Waals surface area contributed by atoms with Crippen LogP contribution in [0.15, 0.2) is 140 Å². The standard InChI is InChI=1S/C33H26N2/c1-34(27-15-3-2-4-16-27)28-21-23-29(24-22-28)35(32-19-9-13-25-11-5-7-17-30(25)32)33-20-10-14-26-12-6-8-18-31(26)33/h2-24H,1H3. The highest BCUT2D eigenvalue weighted by molar-refractivity contribution is 6.04. The van der Waals surface area contributed by atoms with Gasteiger partial charge in [0.1, 0.15) is 0 Å². The van der Waals surface area contributed by atoms with Gasteiger partial charge in [-0.2, -0.15) is 0 Å². The molecule has 0 saturated carbocycles. The zero-order valence-corrected chi connectivity index (χ0v) is 19.7. The van der Waals surface area contributed by atoms with Gasteiger partial charge < -0.3 is 9.80 Å². The molecule has 0 aliphatic rings. The van der Waals surface area contributed by atoms with E-state index in [1.165, 1.54) is 38.6 Å². The molecular formula is C33H26N2. The van der Waals surface area contributed by atoms with Crippen molar-refractivity contribution in [3.8, 4) is 0 Å². The second-order valence-electron chi connectivity index (χ2n) is 8.74. The van der Waals surface area contributed by atoms with Gasteiger partial charge in [0.2, 0.25) is 0 Å². The molecule has 6 aromatic carbocycles. The first-order valence-corrected chi connectivity index (χ1v) is 11.9. The average Bonchev–Trinajstić information content (AvgIpc) is 2.94. The Labute approximate surface area is 206 Å². The predicted octanol–water partition coefficient (Wildman–Crippen LogP) is 9.23. The van der Waals surface area contributed by atoms with Gasteiger partial charge in [-0.15, -0.1) is 0 Å². The van der Waals surface area contributed by atoms with E-state index < -0.39 is 0 Å². The summed E-state index contributed by atoms with van der Waals surface area (Å²) in [4.78, 5) is 4.60. The van der Waals surface area contributed by atoms with Crippen molar-refractivity contribution >= 4 is 50.0 Å². The number of anilines is 5. The summed E-state index contributed by atoms with van der Waals surface area (Å²) in [6.07, 6.45) is 0. The van der Waals surface area contributed by atoms with Gasteiger partial charge in [0, 0.05) is 34.9 Å². The molecule has 35 heavy (non-hydrogen) atoms. The van der Waals surface area contributed by atoms with Gasteiger partial charge in [0.05, 0.1) is 11.4 Å². The van der Waals surface area contributed by atoms with Gasteiger partial charge in [-0.1, -0.05) is 91.0 Å². The maximum absolute atomic E-state index is 2.39. The van der Waals surface area contributed by atoms with Crippen LogP contribution in [0.3, 0.4) is 0 Å². The Bertz CT molecular complexity index is 1510. The summed E-state index contributed by atoms with van der Waals surface area (Å²) in [5.41, 5.74) is 5.78. The van der Waals surface area contributed by atoms with Gasteiger partial charge in [-0.25, -0.2) is 0 Å². The van der Waals surface area contributed by atoms with E-state index in [1.54, 1.807) is 0 Å². The molecule has 0 unspecified atom stereocenters. The van der Waals surface area contributed by atoms with Crippen LogP contribution in [0.1, 0.15) is 0 Å². The Morgan fingerprint density at radius 2 is 0.800 bits per heavy atom. The smallest absolute Gasteiger partial charge is 0.0540 e. The normalized spacial score (nSPS) is 11.0. The summed E-state index contributed by atoms with van der Waals surface area (Å²) in [7, 11) is 2.11. The zero-order valence-electron chi connectivity index (χ0n) is 19.7. The van der Waals surface area contributed by atoms with Crippen molar-refractivity contribution in [1.29, 1.82) is 0 Å². The lowest BCUT2D eigenvalue weighted by molar-refractivity contribution is 1.20. The summed E-state index contributed by atoms with van der Waals surface area (Å²) < 4.78 is 0. The summed E-state index contributed by atoms with van der Waals surface area (Å²) in [6, 6.07) is 49.6. The molecule has 0 saturated heterocycles.